The van der Waals surface area contributed by atoms with E-state index in [-0.39, 0.29) is 0 Å². The smallest absolute Gasteiger partial charge is 0.157 e. The van der Waals surface area contributed by atoms with Gasteiger partial charge in [-0.3, -0.25) is 0 Å². The highest BCUT2D eigenvalue weighted by Crippen LogP contribution is 2.36. The second-order valence-electron chi connectivity index (χ2n) is 7.00. The fourth-order valence-electron chi connectivity index (χ4n) is 3.11. The zero-order chi connectivity index (χ0) is 22.0. The van der Waals surface area contributed by atoms with Crippen molar-refractivity contribution in [3.05, 3.63) is 90.7 Å². The summed E-state index contributed by atoms with van der Waals surface area (Å²) in [5, 5.41) is 10.4. The minimum absolute atomic E-state index is 0.355. The number of nitrogens with one attached hydrogen (secondary N) is 1. The van der Waals surface area contributed by atoms with Gasteiger partial charge < -0.3 is 9.72 Å². The number of ether oxygens (including phenoxy) is 1. The summed E-state index contributed by atoms with van der Waals surface area (Å²) in [6.45, 7) is 2.36. The van der Waals surface area contributed by atoms with E-state index < -0.39 is 0 Å². The lowest BCUT2D eigenvalue weighted by atomic mass is 10.1. The molecular weight excluding hydrogens is 544 g/mol. The highest BCUT2D eigenvalue weighted by atomic mass is 127. The van der Waals surface area contributed by atoms with E-state index in [1.54, 1.807) is 18.2 Å². The lowest BCUT2D eigenvalue weighted by Crippen LogP contribution is -1.97. The number of nitriles is 1. The molecule has 0 aliphatic carbocycles. The van der Waals surface area contributed by atoms with Crippen LogP contribution >= 0.6 is 45.8 Å². The number of hydrogen-bond acceptors (Lipinski definition) is 3. The standard InChI is InChI=1S/C24H16Cl2IN3O/c1-14-2-7-21-22(8-14)30-24(29-21)17(12-28)9-16-10-19(25)23(20(26)11-16)31-13-15-3-5-18(27)6-4-15/h2-11H,13H2,1H3,(H,29,30)/b17-9-. The number of imidazole rings is 1. The van der Waals surface area contributed by atoms with Gasteiger partial charge in [0.2, 0.25) is 0 Å². The van der Waals surface area contributed by atoms with Crippen LogP contribution in [0.25, 0.3) is 22.7 Å². The van der Waals surface area contributed by atoms with Crippen LogP contribution < -0.4 is 4.74 Å². The molecule has 0 amide bonds. The van der Waals surface area contributed by atoms with Gasteiger partial charge in [-0.25, -0.2) is 4.98 Å². The largest absolute Gasteiger partial charge is 0.486 e. The van der Waals surface area contributed by atoms with Crippen LogP contribution in [0.3, 0.4) is 0 Å². The van der Waals surface area contributed by atoms with Crippen molar-refractivity contribution >= 4 is 68.5 Å². The number of aromatic amines is 1. The van der Waals surface area contributed by atoms with E-state index in [0.717, 1.165) is 25.7 Å². The zero-order valence-corrected chi connectivity index (χ0v) is 20.1. The number of hydrogen-bond donors (Lipinski definition) is 1. The Hall–Kier alpha value is -2.53. The summed E-state index contributed by atoms with van der Waals surface area (Å²) in [6.07, 6.45) is 1.70. The average molecular weight is 560 g/mol. The molecule has 7 heteroatoms. The van der Waals surface area contributed by atoms with E-state index in [4.69, 9.17) is 27.9 Å². The van der Waals surface area contributed by atoms with Gasteiger partial charge in [-0.15, -0.1) is 0 Å². The highest BCUT2D eigenvalue weighted by molar-refractivity contribution is 14.1. The van der Waals surface area contributed by atoms with E-state index >= 15 is 0 Å². The van der Waals surface area contributed by atoms with Crippen LogP contribution in [0, 0.1) is 21.8 Å². The first kappa shape index (κ1) is 21.7. The van der Waals surface area contributed by atoms with Crippen molar-refractivity contribution in [3.63, 3.8) is 0 Å². The molecule has 0 aliphatic rings. The van der Waals surface area contributed by atoms with Gasteiger partial charge in [0, 0.05) is 3.57 Å². The van der Waals surface area contributed by atoms with Gasteiger partial charge in [0.15, 0.2) is 5.75 Å². The quantitative estimate of drug-likeness (QED) is 0.204. The van der Waals surface area contributed by atoms with Gasteiger partial charge >= 0.3 is 0 Å². The van der Waals surface area contributed by atoms with Crippen LogP contribution in [0.2, 0.25) is 10.0 Å². The van der Waals surface area contributed by atoms with Crippen molar-refractivity contribution < 1.29 is 4.74 Å². The fourth-order valence-corrected chi connectivity index (χ4v) is 4.08. The molecule has 154 valence electrons. The first-order chi connectivity index (χ1) is 14.9. The Morgan fingerprint density at radius 1 is 1.13 bits per heavy atom. The molecule has 0 spiro atoms. The number of rotatable bonds is 5. The lowest BCUT2D eigenvalue weighted by Gasteiger charge is -2.11. The molecular formula is C24H16Cl2IN3O. The topological polar surface area (TPSA) is 61.7 Å². The Labute approximate surface area is 203 Å². The Balaban J connectivity index is 1.60. The summed E-state index contributed by atoms with van der Waals surface area (Å²) in [6, 6.07) is 19.6. The van der Waals surface area contributed by atoms with E-state index in [0.29, 0.717) is 39.4 Å². The van der Waals surface area contributed by atoms with Crippen molar-refractivity contribution in [3.8, 4) is 11.8 Å². The van der Waals surface area contributed by atoms with E-state index in [1.807, 2.05) is 49.4 Å². The van der Waals surface area contributed by atoms with Crippen LogP contribution in [-0.4, -0.2) is 9.97 Å². The Morgan fingerprint density at radius 3 is 2.52 bits per heavy atom. The first-order valence-corrected chi connectivity index (χ1v) is 11.2. The number of H-pyrrole nitrogens is 1. The third kappa shape index (κ3) is 5.04. The molecule has 1 heterocycles. The summed E-state index contributed by atoms with van der Waals surface area (Å²) >= 11 is 15.1. The maximum Gasteiger partial charge on any atom is 0.157 e. The molecule has 4 rings (SSSR count). The Morgan fingerprint density at radius 2 is 1.84 bits per heavy atom. The maximum absolute atomic E-state index is 9.67. The Bertz CT molecular complexity index is 1310. The SMILES string of the molecule is Cc1ccc2nc(/C(C#N)=C\c3cc(Cl)c(OCc4ccc(I)cc4)c(Cl)c3)[nH]c2c1. The van der Waals surface area contributed by atoms with Gasteiger partial charge in [0.25, 0.3) is 0 Å². The van der Waals surface area contributed by atoms with E-state index in [2.05, 4.69) is 38.6 Å². The van der Waals surface area contributed by atoms with Crippen LogP contribution in [0.1, 0.15) is 22.5 Å². The van der Waals surface area contributed by atoms with Gasteiger partial charge in [0.1, 0.15) is 18.5 Å². The molecule has 0 radical (unpaired) electrons. The lowest BCUT2D eigenvalue weighted by molar-refractivity contribution is 0.306. The van der Waals surface area contributed by atoms with Gasteiger partial charge in [-0.1, -0.05) is 41.4 Å². The predicted molar refractivity (Wildman–Crippen MR) is 134 cm³/mol. The third-order valence-electron chi connectivity index (χ3n) is 4.64. The molecule has 1 N–H and O–H groups in total. The predicted octanol–water partition coefficient (Wildman–Crippen LogP) is 7.43. The van der Waals surface area contributed by atoms with Crippen molar-refractivity contribution in [1.29, 1.82) is 5.26 Å². The summed E-state index contributed by atoms with van der Waals surface area (Å²) in [4.78, 5) is 7.71. The summed E-state index contributed by atoms with van der Waals surface area (Å²) in [5.41, 5.74) is 4.88. The number of aromatic nitrogens is 2. The molecule has 0 bridgehead atoms. The second-order valence-corrected chi connectivity index (χ2v) is 9.06. The molecule has 3 aromatic carbocycles. The van der Waals surface area contributed by atoms with Gasteiger partial charge in [-0.05, 0) is 88.7 Å². The van der Waals surface area contributed by atoms with Crippen LogP contribution in [0.4, 0.5) is 0 Å². The van der Waals surface area contributed by atoms with Crippen LogP contribution in [0.15, 0.2) is 54.6 Å². The molecule has 0 saturated carbocycles. The van der Waals surface area contributed by atoms with Crippen LogP contribution in [-0.2, 0) is 6.61 Å². The van der Waals surface area contributed by atoms with Gasteiger partial charge in [-0.2, -0.15) is 5.26 Å². The summed E-state index contributed by atoms with van der Waals surface area (Å²) in [7, 11) is 0. The maximum atomic E-state index is 9.67. The number of fused-ring (bicyclic) bond motifs is 1. The molecule has 4 aromatic rings. The van der Waals surface area contributed by atoms with Crippen molar-refractivity contribution in [2.75, 3.05) is 0 Å². The van der Waals surface area contributed by atoms with E-state index in [9.17, 15) is 5.26 Å². The number of benzene rings is 3. The highest BCUT2D eigenvalue weighted by Gasteiger charge is 2.12. The second kappa shape index (κ2) is 9.31. The first-order valence-electron chi connectivity index (χ1n) is 9.38. The van der Waals surface area contributed by atoms with Crippen molar-refractivity contribution in [2.45, 2.75) is 13.5 Å². The molecule has 4 nitrogen and oxygen atoms in total. The number of halogens is 3. The normalized spacial score (nSPS) is 11.5. The molecule has 0 atom stereocenters. The fraction of sp³-hybridized carbons (Fsp3) is 0.0833. The molecule has 0 fully saturated rings. The molecule has 31 heavy (non-hydrogen) atoms. The average Bonchev–Trinajstić information content (AvgIpc) is 3.15. The minimum Gasteiger partial charge on any atom is -0.486 e. The molecule has 0 unspecified atom stereocenters. The summed E-state index contributed by atoms with van der Waals surface area (Å²) < 4.78 is 7.00. The number of allylic oxidation sites excluding steroid dienone is 1. The van der Waals surface area contributed by atoms with Gasteiger partial charge in [0.05, 0.1) is 26.7 Å². The van der Waals surface area contributed by atoms with Crippen molar-refractivity contribution in [2.24, 2.45) is 0 Å². The molecule has 1 aromatic heterocycles. The van der Waals surface area contributed by atoms with Crippen molar-refractivity contribution in [1.82, 2.24) is 9.97 Å². The number of aryl methyl sites for hydroxylation is 1. The monoisotopic (exact) mass is 559 g/mol. The van der Waals surface area contributed by atoms with Crippen LogP contribution in [0.5, 0.6) is 5.75 Å². The third-order valence-corrected chi connectivity index (χ3v) is 5.92. The van der Waals surface area contributed by atoms with E-state index in [1.165, 1.54) is 0 Å². The minimum atomic E-state index is 0.355. The Kier molecular flexibility index (Phi) is 6.51. The number of nitrogens with zero attached hydrogens (tertiary/aromatic N) is 2. The molecule has 0 saturated heterocycles. The summed E-state index contributed by atoms with van der Waals surface area (Å²) in [5.74, 6) is 0.908. The molecule has 0 aliphatic heterocycles. The zero-order valence-electron chi connectivity index (χ0n) is 16.4.